The molecule has 0 saturated carbocycles. The molecule has 0 radical (unpaired) electrons. The average molecular weight is 680 g/mol. The molecule has 0 bridgehead atoms. The second kappa shape index (κ2) is 10.7. The van der Waals surface area contributed by atoms with Crippen LogP contribution in [0.1, 0.15) is 45.4 Å². The van der Waals surface area contributed by atoms with Crippen LogP contribution < -0.4 is 5.10 Å². The van der Waals surface area contributed by atoms with Crippen molar-refractivity contribution in [2.75, 3.05) is 13.1 Å². The Bertz CT molecular complexity index is 1150. The maximum absolute atomic E-state index is 12.3. The zero-order chi connectivity index (χ0) is 26.0. The first kappa shape index (κ1) is 26.4. The van der Waals surface area contributed by atoms with Gasteiger partial charge in [-0.15, -0.1) is 24.3 Å². The van der Waals surface area contributed by atoms with Crippen LogP contribution in [-0.2, 0) is 23.8 Å². The number of hydrogen-bond donors (Lipinski definition) is 0. The van der Waals surface area contributed by atoms with Crippen molar-refractivity contribution in [3.05, 3.63) is 66.4 Å². The molecule has 0 atom stereocenters. The molecule has 0 amide bonds. The second-order valence-corrected chi connectivity index (χ2v) is 11.9. The maximum Gasteiger partial charge on any atom is 0.381 e. The molecule has 0 saturated heterocycles. The predicted molar refractivity (Wildman–Crippen MR) is 132 cm³/mol. The number of nitrogens with zero attached hydrogens (tertiary/aromatic N) is 6. The van der Waals surface area contributed by atoms with E-state index in [1.807, 2.05) is 0 Å². The SMILES string of the molecule is CC(C)N1C=CN2CCCN3C=CN(C(C)C)[C]3=[Pt]=[C]21.Cc1cc(-c2[c-]cc(C(F)(F)F)cc2)[n-]n1. The fraction of sp³-hybridized carbons (Fsp3) is 0.423. The third-order valence-corrected chi connectivity index (χ3v) is 9.27. The van der Waals surface area contributed by atoms with Crippen LogP contribution in [0.4, 0.5) is 13.2 Å². The van der Waals surface area contributed by atoms with E-state index in [0.29, 0.717) is 23.3 Å². The summed E-state index contributed by atoms with van der Waals surface area (Å²) < 4.78 is 39.9. The first-order valence-corrected chi connectivity index (χ1v) is 14.2. The molecule has 4 heterocycles. The molecular weight excluding hydrogens is 648 g/mol. The van der Waals surface area contributed by atoms with E-state index in [0.717, 1.165) is 30.9 Å². The molecule has 0 N–H and O–H groups in total. The van der Waals surface area contributed by atoms with E-state index in [2.05, 4.69) is 88.4 Å². The molecule has 1 aromatic heterocycles. The normalized spacial score (nSPS) is 17.7. The van der Waals surface area contributed by atoms with Crippen molar-refractivity contribution in [1.29, 1.82) is 0 Å². The van der Waals surface area contributed by atoms with Crippen molar-refractivity contribution in [2.24, 2.45) is 0 Å². The molecule has 2 aromatic rings. The predicted octanol–water partition coefficient (Wildman–Crippen LogP) is 4.48. The molecule has 0 fully saturated rings. The third-order valence-electron chi connectivity index (χ3n) is 5.78. The molecule has 5 rings (SSSR count). The van der Waals surface area contributed by atoms with Crippen LogP contribution in [0.3, 0.4) is 0 Å². The minimum atomic E-state index is -4.33. The summed E-state index contributed by atoms with van der Waals surface area (Å²) in [6.45, 7) is 13.2. The van der Waals surface area contributed by atoms with Gasteiger partial charge in [0.25, 0.3) is 0 Å². The van der Waals surface area contributed by atoms with E-state index in [1.165, 1.54) is 20.8 Å². The van der Waals surface area contributed by atoms with Crippen LogP contribution in [0.5, 0.6) is 0 Å². The van der Waals surface area contributed by atoms with Crippen LogP contribution in [0.15, 0.2) is 49.1 Å². The Kier molecular flexibility index (Phi) is 7.88. The summed E-state index contributed by atoms with van der Waals surface area (Å²) in [4.78, 5) is 9.88. The standard InChI is InChI=1S/C15H24N4.C11H7F3N2.Pt/c1-14(2)18-10-8-16(12-18)6-5-7-17-9-11-19(13-17)15(3)4;1-7-6-10(16-15-7)8-2-4-9(5-3-8)11(12,13)14;/h8-11,14-15H,5-7H2,1-4H3;2,4-6H,1H3;/q;-2;. The molecule has 36 heavy (non-hydrogen) atoms. The van der Waals surface area contributed by atoms with Crippen LogP contribution >= 0.6 is 0 Å². The van der Waals surface area contributed by atoms with Gasteiger partial charge in [0.1, 0.15) is 0 Å². The van der Waals surface area contributed by atoms with Crippen LogP contribution in [0.2, 0.25) is 0 Å². The molecule has 10 heteroatoms. The molecule has 198 valence electrons. The van der Waals surface area contributed by atoms with Gasteiger partial charge in [-0.05, 0) is 12.5 Å². The van der Waals surface area contributed by atoms with Gasteiger partial charge in [-0.25, -0.2) is 5.69 Å². The van der Waals surface area contributed by atoms with Gasteiger partial charge < -0.3 is 10.2 Å². The summed E-state index contributed by atoms with van der Waals surface area (Å²) in [5.41, 5.74) is 1.05. The summed E-state index contributed by atoms with van der Waals surface area (Å²) in [5, 5.41) is 7.59. The largest absolute Gasteiger partial charge is 0.619 e. The van der Waals surface area contributed by atoms with Crippen molar-refractivity contribution >= 4 is 8.29 Å². The fourth-order valence-corrected chi connectivity index (χ4v) is 7.87. The molecule has 0 spiro atoms. The fourth-order valence-electron chi connectivity index (χ4n) is 3.81. The van der Waals surface area contributed by atoms with Crippen LogP contribution in [-0.4, -0.2) is 58.2 Å². The Morgan fingerprint density at radius 1 is 0.944 bits per heavy atom. The first-order valence-electron chi connectivity index (χ1n) is 11.9. The Morgan fingerprint density at radius 3 is 1.94 bits per heavy atom. The van der Waals surface area contributed by atoms with Gasteiger partial charge in [-0.2, -0.15) is 18.7 Å². The zero-order valence-electron chi connectivity index (χ0n) is 21.0. The Morgan fingerprint density at radius 2 is 1.53 bits per heavy atom. The zero-order valence-corrected chi connectivity index (χ0v) is 23.3. The van der Waals surface area contributed by atoms with Gasteiger partial charge in [0, 0.05) is 5.69 Å². The van der Waals surface area contributed by atoms with E-state index in [-0.39, 0.29) is 17.6 Å². The van der Waals surface area contributed by atoms with Gasteiger partial charge >= 0.3 is 136 Å². The molecule has 3 aliphatic heterocycles. The van der Waals surface area contributed by atoms with Crippen molar-refractivity contribution in [3.8, 4) is 11.3 Å². The van der Waals surface area contributed by atoms with Gasteiger partial charge in [0.05, 0.1) is 0 Å². The number of benzene rings is 1. The molecule has 6 nitrogen and oxygen atoms in total. The minimum Gasteiger partial charge on any atom is -0.619 e. The molecule has 3 aliphatic rings. The van der Waals surface area contributed by atoms with Crippen molar-refractivity contribution < 1.29 is 30.8 Å². The second-order valence-electron chi connectivity index (χ2n) is 9.26. The van der Waals surface area contributed by atoms with E-state index in [9.17, 15) is 13.2 Å². The van der Waals surface area contributed by atoms with Gasteiger partial charge in [0.2, 0.25) is 0 Å². The number of hydrogen-bond acceptors (Lipinski definition) is 5. The molecule has 0 unspecified atom stereocenters. The first-order chi connectivity index (χ1) is 17.0. The Hall–Kier alpha value is -2.67. The molecular formula is C26H31F3N6Pt-2. The van der Waals surface area contributed by atoms with E-state index in [4.69, 9.17) is 0 Å². The summed E-state index contributed by atoms with van der Waals surface area (Å²) in [7, 11) is 0. The molecule has 1 aromatic carbocycles. The van der Waals surface area contributed by atoms with Gasteiger partial charge in [-0.3, -0.25) is 0 Å². The Labute approximate surface area is 218 Å². The van der Waals surface area contributed by atoms with Crippen LogP contribution in [0.25, 0.3) is 11.3 Å². The number of aromatic nitrogens is 2. The maximum atomic E-state index is 12.3. The van der Waals surface area contributed by atoms with Crippen molar-refractivity contribution in [3.63, 3.8) is 0 Å². The summed E-state index contributed by atoms with van der Waals surface area (Å²) in [5.74, 6) is 0. The topological polar surface area (TPSA) is 40.0 Å². The van der Waals surface area contributed by atoms with Crippen molar-refractivity contribution in [2.45, 2.75) is 59.3 Å². The number of rotatable bonds is 3. The Balaban J connectivity index is 0.000000174. The third kappa shape index (κ3) is 5.83. The number of aryl methyl sites for hydroxylation is 1. The summed E-state index contributed by atoms with van der Waals surface area (Å²) in [6.07, 6.45) is 5.95. The van der Waals surface area contributed by atoms with E-state index >= 15 is 0 Å². The van der Waals surface area contributed by atoms with Gasteiger partial charge in [-0.1, -0.05) is 6.07 Å². The monoisotopic (exact) mass is 679 g/mol. The van der Waals surface area contributed by atoms with E-state index < -0.39 is 11.7 Å². The smallest absolute Gasteiger partial charge is 0.381 e. The summed E-state index contributed by atoms with van der Waals surface area (Å²) >= 11 is -0.165. The average Bonchev–Trinajstić information content (AvgIpc) is 3.52. The van der Waals surface area contributed by atoms with Crippen LogP contribution in [0, 0.1) is 13.0 Å². The molecule has 0 aliphatic carbocycles. The number of alkyl halides is 3. The quantitative estimate of drug-likeness (QED) is 0.447. The minimum absolute atomic E-state index is 0.165. The number of halogens is 3. The van der Waals surface area contributed by atoms with Crippen molar-refractivity contribution in [1.82, 2.24) is 29.8 Å². The summed E-state index contributed by atoms with van der Waals surface area (Å²) in [6, 6.07) is 8.60. The number of fused-ring (bicyclic) bond motifs is 2. The van der Waals surface area contributed by atoms with E-state index in [1.54, 1.807) is 13.0 Å². The van der Waals surface area contributed by atoms with Gasteiger partial charge in [0.15, 0.2) is 0 Å².